The Morgan fingerprint density at radius 3 is 2.48 bits per heavy atom. The first kappa shape index (κ1) is 18.6. The molecule has 0 unspecified atom stereocenters. The highest BCUT2D eigenvalue weighted by molar-refractivity contribution is 6.00. The highest BCUT2D eigenvalue weighted by atomic mass is 16.5. The van der Waals surface area contributed by atoms with Crippen molar-refractivity contribution in [3.8, 4) is 22.7 Å². The molecular weight excluding hydrogens is 368 g/mol. The van der Waals surface area contributed by atoms with Crippen LogP contribution < -0.4 is 5.32 Å². The number of hydrogen-bond acceptors (Lipinski definition) is 6. The van der Waals surface area contributed by atoms with Gasteiger partial charge in [-0.2, -0.15) is 4.98 Å². The summed E-state index contributed by atoms with van der Waals surface area (Å²) in [5.41, 5.74) is 4.79. The molecule has 2 heterocycles. The van der Waals surface area contributed by atoms with Crippen molar-refractivity contribution in [3.63, 3.8) is 0 Å². The van der Waals surface area contributed by atoms with Gasteiger partial charge in [-0.15, -0.1) is 0 Å². The molecule has 1 amide bonds. The van der Waals surface area contributed by atoms with E-state index in [1.54, 1.807) is 6.92 Å². The number of carbonyl (C=O) groups excluding carboxylic acids is 1. The normalized spacial score (nSPS) is 10.9. The molecule has 7 nitrogen and oxygen atoms in total. The summed E-state index contributed by atoms with van der Waals surface area (Å²) in [6, 6.07) is 15.5. The predicted molar refractivity (Wildman–Crippen MR) is 107 cm³/mol. The van der Waals surface area contributed by atoms with Crippen LogP contribution in [0.25, 0.3) is 22.7 Å². The van der Waals surface area contributed by atoms with Gasteiger partial charge in [0.25, 0.3) is 11.8 Å². The lowest BCUT2D eigenvalue weighted by Crippen LogP contribution is -2.24. The number of nitrogens with one attached hydrogen (secondary N) is 1. The Morgan fingerprint density at radius 1 is 0.931 bits per heavy atom. The van der Waals surface area contributed by atoms with Crippen molar-refractivity contribution in [2.45, 2.75) is 27.3 Å². The average Bonchev–Trinajstić information content (AvgIpc) is 3.33. The SMILES string of the molecule is Cc1ccc(-c2nc(CNC(=O)c3c(-c4cccc(C)c4)noc3C)no2)cc1. The molecule has 0 saturated heterocycles. The van der Waals surface area contributed by atoms with E-state index >= 15 is 0 Å². The highest BCUT2D eigenvalue weighted by Gasteiger charge is 2.22. The fourth-order valence-electron chi connectivity index (χ4n) is 3.02. The lowest BCUT2D eigenvalue weighted by molar-refractivity contribution is 0.0948. The summed E-state index contributed by atoms with van der Waals surface area (Å²) < 4.78 is 10.6. The van der Waals surface area contributed by atoms with E-state index in [1.165, 1.54) is 0 Å². The molecule has 0 fully saturated rings. The number of amides is 1. The molecule has 0 aliphatic rings. The quantitative estimate of drug-likeness (QED) is 0.549. The maximum atomic E-state index is 12.8. The monoisotopic (exact) mass is 388 g/mol. The van der Waals surface area contributed by atoms with Crippen LogP contribution in [0.4, 0.5) is 0 Å². The molecule has 0 spiro atoms. The third kappa shape index (κ3) is 3.94. The molecule has 4 rings (SSSR count). The summed E-state index contributed by atoms with van der Waals surface area (Å²) >= 11 is 0. The Morgan fingerprint density at radius 2 is 1.72 bits per heavy atom. The zero-order valence-electron chi connectivity index (χ0n) is 16.4. The molecule has 7 heteroatoms. The molecule has 0 atom stereocenters. The van der Waals surface area contributed by atoms with Gasteiger partial charge >= 0.3 is 0 Å². The molecule has 0 aliphatic heterocycles. The van der Waals surface area contributed by atoms with Crippen molar-refractivity contribution in [1.29, 1.82) is 0 Å². The van der Waals surface area contributed by atoms with Gasteiger partial charge in [-0.1, -0.05) is 51.8 Å². The zero-order chi connectivity index (χ0) is 20.4. The number of aryl methyl sites for hydroxylation is 3. The minimum absolute atomic E-state index is 0.131. The summed E-state index contributed by atoms with van der Waals surface area (Å²) in [6.07, 6.45) is 0. The van der Waals surface area contributed by atoms with Crippen LogP contribution in [0.2, 0.25) is 0 Å². The van der Waals surface area contributed by atoms with Gasteiger partial charge in [-0.05, 0) is 39.0 Å². The Hall–Kier alpha value is -3.74. The fraction of sp³-hybridized carbons (Fsp3) is 0.182. The lowest BCUT2D eigenvalue weighted by atomic mass is 10.0. The third-order valence-electron chi connectivity index (χ3n) is 4.55. The smallest absolute Gasteiger partial charge is 0.257 e. The van der Waals surface area contributed by atoms with Gasteiger partial charge in [0.05, 0.1) is 6.54 Å². The van der Waals surface area contributed by atoms with Gasteiger partial charge in [-0.25, -0.2) is 0 Å². The maximum Gasteiger partial charge on any atom is 0.257 e. The Balaban J connectivity index is 1.50. The van der Waals surface area contributed by atoms with Crippen molar-refractivity contribution in [3.05, 3.63) is 76.8 Å². The van der Waals surface area contributed by atoms with Crippen LogP contribution in [-0.2, 0) is 6.54 Å². The van der Waals surface area contributed by atoms with Crippen molar-refractivity contribution in [2.75, 3.05) is 0 Å². The van der Waals surface area contributed by atoms with E-state index in [4.69, 9.17) is 9.05 Å². The molecule has 0 saturated carbocycles. The van der Waals surface area contributed by atoms with Crippen molar-refractivity contribution < 1.29 is 13.8 Å². The molecule has 29 heavy (non-hydrogen) atoms. The van der Waals surface area contributed by atoms with E-state index in [-0.39, 0.29) is 12.5 Å². The standard InChI is InChI=1S/C22H20N4O3/c1-13-7-9-16(10-8-13)22-24-18(25-29-22)12-23-21(27)19-15(3)28-26-20(19)17-6-4-5-14(2)11-17/h4-11H,12H2,1-3H3,(H,23,27). The van der Waals surface area contributed by atoms with Crippen LogP contribution in [0, 0.1) is 20.8 Å². The molecule has 1 N–H and O–H groups in total. The Labute approximate surface area is 167 Å². The summed E-state index contributed by atoms with van der Waals surface area (Å²) in [6.45, 7) is 5.84. The zero-order valence-corrected chi connectivity index (χ0v) is 16.4. The summed E-state index contributed by atoms with van der Waals surface area (Å²) in [4.78, 5) is 17.1. The van der Waals surface area contributed by atoms with Crippen LogP contribution >= 0.6 is 0 Å². The highest BCUT2D eigenvalue weighted by Crippen LogP contribution is 2.26. The number of carbonyl (C=O) groups is 1. The van der Waals surface area contributed by atoms with Gasteiger partial charge in [0, 0.05) is 11.1 Å². The summed E-state index contributed by atoms with van der Waals surface area (Å²) in [7, 11) is 0. The second kappa shape index (κ2) is 7.71. The topological polar surface area (TPSA) is 94.1 Å². The number of aromatic nitrogens is 3. The molecule has 2 aromatic heterocycles. The Bertz CT molecular complexity index is 1160. The van der Waals surface area contributed by atoms with Crippen LogP contribution in [0.3, 0.4) is 0 Å². The lowest BCUT2D eigenvalue weighted by Gasteiger charge is -2.04. The number of hydrogen-bond donors (Lipinski definition) is 1. The molecule has 0 radical (unpaired) electrons. The largest absolute Gasteiger partial charge is 0.360 e. The first-order valence-electron chi connectivity index (χ1n) is 9.22. The van der Waals surface area contributed by atoms with E-state index in [1.807, 2.05) is 62.4 Å². The molecule has 0 bridgehead atoms. The van der Waals surface area contributed by atoms with E-state index in [9.17, 15) is 4.79 Å². The first-order chi connectivity index (χ1) is 14.0. The van der Waals surface area contributed by atoms with Crippen molar-refractivity contribution in [2.24, 2.45) is 0 Å². The van der Waals surface area contributed by atoms with Crippen LogP contribution in [0.1, 0.15) is 33.1 Å². The first-order valence-corrected chi connectivity index (χ1v) is 9.22. The summed E-state index contributed by atoms with van der Waals surface area (Å²) in [5.74, 6) is 0.949. The second-order valence-corrected chi connectivity index (χ2v) is 6.90. The number of nitrogens with zero attached hydrogens (tertiary/aromatic N) is 3. The van der Waals surface area contributed by atoms with Gasteiger partial charge < -0.3 is 14.4 Å². The van der Waals surface area contributed by atoms with Crippen molar-refractivity contribution >= 4 is 5.91 Å². The van der Waals surface area contributed by atoms with Crippen molar-refractivity contribution in [1.82, 2.24) is 20.6 Å². The molecule has 4 aromatic rings. The van der Waals surface area contributed by atoms with Gasteiger partial charge in [-0.3, -0.25) is 4.79 Å². The minimum Gasteiger partial charge on any atom is -0.360 e. The fourth-order valence-corrected chi connectivity index (χ4v) is 3.02. The average molecular weight is 388 g/mol. The minimum atomic E-state index is -0.304. The van der Waals surface area contributed by atoms with E-state index in [2.05, 4.69) is 20.6 Å². The van der Waals surface area contributed by atoms with Gasteiger partial charge in [0.1, 0.15) is 17.0 Å². The third-order valence-corrected chi connectivity index (χ3v) is 4.55. The van der Waals surface area contributed by atoms with Crippen LogP contribution in [-0.4, -0.2) is 21.2 Å². The molecule has 146 valence electrons. The molecular formula is C22H20N4O3. The summed E-state index contributed by atoms with van der Waals surface area (Å²) in [5, 5.41) is 10.8. The van der Waals surface area contributed by atoms with E-state index in [0.29, 0.717) is 28.7 Å². The molecule has 0 aliphatic carbocycles. The van der Waals surface area contributed by atoms with Crippen LogP contribution in [0.5, 0.6) is 0 Å². The van der Waals surface area contributed by atoms with E-state index < -0.39 is 0 Å². The number of rotatable bonds is 5. The Kier molecular flexibility index (Phi) is 4.95. The predicted octanol–water partition coefficient (Wildman–Crippen LogP) is 4.25. The number of benzene rings is 2. The maximum absolute atomic E-state index is 12.8. The van der Waals surface area contributed by atoms with Gasteiger partial charge in [0.15, 0.2) is 5.82 Å². The molecule has 2 aromatic carbocycles. The van der Waals surface area contributed by atoms with Gasteiger partial charge in [0.2, 0.25) is 0 Å². The second-order valence-electron chi connectivity index (χ2n) is 6.90. The van der Waals surface area contributed by atoms with E-state index in [0.717, 1.165) is 22.3 Å². The van der Waals surface area contributed by atoms with Crippen LogP contribution in [0.15, 0.2) is 57.6 Å².